The Hall–Kier alpha value is -3.59. The van der Waals surface area contributed by atoms with E-state index in [4.69, 9.17) is 0 Å². The van der Waals surface area contributed by atoms with Gasteiger partial charge in [0.1, 0.15) is 11.0 Å². The molecule has 0 unspecified atom stereocenters. The van der Waals surface area contributed by atoms with Crippen LogP contribution in [0.2, 0.25) is 0 Å². The Morgan fingerprint density at radius 2 is 1.97 bits per heavy atom. The molecule has 1 amide bonds. The number of hydrogen-bond acceptors (Lipinski definition) is 6. The van der Waals surface area contributed by atoms with Gasteiger partial charge in [0.05, 0.1) is 22.6 Å². The van der Waals surface area contributed by atoms with E-state index in [9.17, 15) is 9.18 Å². The Kier molecular flexibility index (Phi) is 4.72. The second-order valence-electron chi connectivity index (χ2n) is 8.81. The van der Waals surface area contributed by atoms with Crippen LogP contribution in [0.1, 0.15) is 28.9 Å². The number of hydrogen-bond donors (Lipinski definition) is 1. The van der Waals surface area contributed by atoms with E-state index in [1.54, 1.807) is 42.2 Å². The summed E-state index contributed by atoms with van der Waals surface area (Å²) in [6.07, 6.45) is 9.09. The van der Waals surface area contributed by atoms with Crippen LogP contribution >= 0.6 is 0 Å². The molecule has 33 heavy (non-hydrogen) atoms. The summed E-state index contributed by atoms with van der Waals surface area (Å²) >= 11 is 0. The molecule has 5 heterocycles. The highest BCUT2D eigenvalue weighted by Gasteiger charge is 2.31. The molecule has 1 N–H and O–H groups in total. The SMILES string of the molecule is Cc1cn2cc(NC(=O)c3ccc(N4CCN5CCC[C@@H]5C4)c4nccnc34)cc(F)c2n1. The highest BCUT2D eigenvalue weighted by molar-refractivity contribution is 6.13. The van der Waals surface area contributed by atoms with Crippen molar-refractivity contribution in [2.45, 2.75) is 25.8 Å². The second kappa shape index (κ2) is 7.77. The van der Waals surface area contributed by atoms with Crippen LogP contribution in [0.15, 0.2) is 43.0 Å². The van der Waals surface area contributed by atoms with Gasteiger partial charge in [-0.15, -0.1) is 0 Å². The number of nitrogens with zero attached hydrogens (tertiary/aromatic N) is 6. The van der Waals surface area contributed by atoms with Gasteiger partial charge in [-0.1, -0.05) is 0 Å². The van der Waals surface area contributed by atoms with Crippen LogP contribution in [0.5, 0.6) is 0 Å². The predicted octanol–water partition coefficient (Wildman–Crippen LogP) is 3.26. The number of carbonyl (C=O) groups is 1. The number of benzene rings is 1. The fourth-order valence-corrected chi connectivity index (χ4v) is 5.14. The molecule has 8 nitrogen and oxygen atoms in total. The van der Waals surface area contributed by atoms with Crippen LogP contribution in [0, 0.1) is 12.7 Å². The lowest BCUT2D eigenvalue weighted by Gasteiger charge is -2.39. The summed E-state index contributed by atoms with van der Waals surface area (Å²) in [5.74, 6) is -0.852. The van der Waals surface area contributed by atoms with Crippen molar-refractivity contribution in [3.63, 3.8) is 0 Å². The fourth-order valence-electron chi connectivity index (χ4n) is 5.14. The first-order chi connectivity index (χ1) is 16.1. The van der Waals surface area contributed by atoms with Crippen molar-refractivity contribution in [2.75, 3.05) is 36.4 Å². The number of anilines is 2. The highest BCUT2D eigenvalue weighted by Crippen LogP contribution is 2.31. The number of imidazole rings is 1. The lowest BCUT2D eigenvalue weighted by atomic mass is 10.1. The van der Waals surface area contributed by atoms with Crippen LogP contribution in [0.4, 0.5) is 15.8 Å². The molecule has 168 valence electrons. The predicted molar refractivity (Wildman–Crippen MR) is 124 cm³/mol. The van der Waals surface area contributed by atoms with E-state index in [0.717, 1.165) is 25.3 Å². The molecule has 4 aromatic rings. The fraction of sp³-hybridized carbons (Fsp3) is 0.333. The van der Waals surface area contributed by atoms with Gasteiger partial charge in [-0.3, -0.25) is 19.7 Å². The van der Waals surface area contributed by atoms with Gasteiger partial charge >= 0.3 is 0 Å². The van der Waals surface area contributed by atoms with Crippen molar-refractivity contribution in [1.82, 2.24) is 24.3 Å². The number of aryl methyl sites for hydroxylation is 1. The normalized spacial score (nSPS) is 18.7. The summed E-state index contributed by atoms with van der Waals surface area (Å²) in [5.41, 5.74) is 3.94. The van der Waals surface area contributed by atoms with E-state index < -0.39 is 5.82 Å². The minimum atomic E-state index is -0.494. The summed E-state index contributed by atoms with van der Waals surface area (Å²) < 4.78 is 16.0. The summed E-state index contributed by atoms with van der Waals surface area (Å²) in [7, 11) is 0. The number of aromatic nitrogens is 4. The second-order valence-corrected chi connectivity index (χ2v) is 8.81. The number of fused-ring (bicyclic) bond motifs is 3. The maximum atomic E-state index is 14.5. The number of rotatable bonds is 3. The molecular weight excluding hydrogens is 421 g/mol. The van der Waals surface area contributed by atoms with Crippen LogP contribution in [-0.4, -0.2) is 62.4 Å². The molecule has 0 aliphatic carbocycles. The molecule has 6 rings (SSSR count). The Labute approximate surface area is 190 Å². The largest absolute Gasteiger partial charge is 0.367 e. The summed E-state index contributed by atoms with van der Waals surface area (Å²) in [4.78, 5) is 31.3. The molecule has 2 fully saturated rings. The van der Waals surface area contributed by atoms with Crippen LogP contribution in [0.25, 0.3) is 16.7 Å². The summed E-state index contributed by atoms with van der Waals surface area (Å²) in [6.45, 7) is 5.90. The topological polar surface area (TPSA) is 78.7 Å². The minimum Gasteiger partial charge on any atom is -0.367 e. The first-order valence-corrected chi connectivity index (χ1v) is 11.3. The van der Waals surface area contributed by atoms with Gasteiger partial charge in [-0.25, -0.2) is 9.37 Å². The van der Waals surface area contributed by atoms with E-state index >= 15 is 0 Å². The van der Waals surface area contributed by atoms with Gasteiger partial charge < -0.3 is 14.6 Å². The average Bonchev–Trinajstić information content (AvgIpc) is 3.43. The Balaban J connectivity index is 1.33. The molecule has 0 saturated carbocycles. The highest BCUT2D eigenvalue weighted by atomic mass is 19.1. The van der Waals surface area contributed by atoms with Crippen molar-refractivity contribution in [3.05, 3.63) is 60.1 Å². The molecule has 9 heteroatoms. The maximum absolute atomic E-state index is 14.5. The third kappa shape index (κ3) is 3.48. The Morgan fingerprint density at radius 1 is 1.12 bits per heavy atom. The van der Waals surface area contributed by atoms with Crippen molar-refractivity contribution in [1.29, 1.82) is 0 Å². The minimum absolute atomic E-state index is 0.230. The third-order valence-corrected chi connectivity index (χ3v) is 6.66. The molecule has 2 aliphatic heterocycles. The Bertz CT molecular complexity index is 1380. The lowest BCUT2D eigenvalue weighted by molar-refractivity contribution is 0.102. The molecule has 0 radical (unpaired) electrons. The van der Waals surface area contributed by atoms with E-state index in [1.165, 1.54) is 25.5 Å². The molecular formula is C24H24FN7O. The number of pyridine rings is 1. The van der Waals surface area contributed by atoms with Crippen molar-refractivity contribution >= 4 is 34.0 Å². The number of carbonyl (C=O) groups excluding carboxylic acids is 1. The van der Waals surface area contributed by atoms with Gasteiger partial charge in [-0.05, 0) is 38.4 Å². The first kappa shape index (κ1) is 20.0. The smallest absolute Gasteiger partial charge is 0.257 e. The van der Waals surface area contributed by atoms with Crippen LogP contribution in [0.3, 0.4) is 0 Å². The molecule has 2 saturated heterocycles. The molecule has 0 bridgehead atoms. The van der Waals surface area contributed by atoms with Crippen molar-refractivity contribution < 1.29 is 9.18 Å². The standard InChI is InChI=1S/C24H24FN7O/c1-15-12-32-13-16(11-19(25)23(32)28-15)29-24(33)18-4-5-20(22-21(18)26-6-7-27-22)31-10-9-30-8-2-3-17(30)14-31/h4-7,11-13,17H,2-3,8-10,14H2,1H3,(H,29,33)/t17-/m1/s1. The van der Waals surface area contributed by atoms with Gasteiger partial charge in [0.2, 0.25) is 0 Å². The Morgan fingerprint density at radius 3 is 2.85 bits per heavy atom. The molecule has 2 aliphatic rings. The number of amides is 1. The molecule has 1 atom stereocenters. The number of nitrogens with one attached hydrogen (secondary N) is 1. The van der Waals surface area contributed by atoms with E-state index in [2.05, 4.69) is 30.1 Å². The van der Waals surface area contributed by atoms with Crippen molar-refractivity contribution in [2.24, 2.45) is 0 Å². The van der Waals surface area contributed by atoms with Crippen LogP contribution in [-0.2, 0) is 0 Å². The van der Waals surface area contributed by atoms with Gasteiger partial charge in [-0.2, -0.15) is 0 Å². The quantitative estimate of drug-likeness (QED) is 0.522. The van der Waals surface area contributed by atoms with Gasteiger partial charge in [0, 0.05) is 56.5 Å². The zero-order valence-electron chi connectivity index (χ0n) is 18.3. The summed E-state index contributed by atoms with van der Waals surface area (Å²) in [5, 5.41) is 2.81. The molecule has 1 aromatic carbocycles. The summed E-state index contributed by atoms with van der Waals surface area (Å²) in [6, 6.07) is 5.60. The van der Waals surface area contributed by atoms with Crippen LogP contribution < -0.4 is 10.2 Å². The van der Waals surface area contributed by atoms with Gasteiger partial charge in [0.25, 0.3) is 5.91 Å². The van der Waals surface area contributed by atoms with E-state index in [1.807, 2.05) is 6.07 Å². The van der Waals surface area contributed by atoms with Gasteiger partial charge in [0.15, 0.2) is 11.5 Å². The first-order valence-electron chi connectivity index (χ1n) is 11.3. The monoisotopic (exact) mass is 445 g/mol. The van der Waals surface area contributed by atoms with Crippen molar-refractivity contribution in [3.8, 4) is 0 Å². The maximum Gasteiger partial charge on any atom is 0.257 e. The number of piperazine rings is 1. The van der Waals surface area contributed by atoms with E-state index in [0.29, 0.717) is 34.0 Å². The molecule has 0 spiro atoms. The zero-order chi connectivity index (χ0) is 22.5. The lowest BCUT2D eigenvalue weighted by Crippen LogP contribution is -2.50. The third-order valence-electron chi connectivity index (χ3n) is 6.66. The zero-order valence-corrected chi connectivity index (χ0v) is 18.3. The molecule has 3 aromatic heterocycles. The number of halogens is 1. The average molecular weight is 446 g/mol. The van der Waals surface area contributed by atoms with E-state index in [-0.39, 0.29) is 11.6 Å².